The molecule has 4 aromatic rings. The Kier molecular flexibility index (Phi) is 6.58. The maximum atomic E-state index is 14.2. The first-order valence-electron chi connectivity index (χ1n) is 13.2. The van der Waals surface area contributed by atoms with Crippen molar-refractivity contribution in [2.75, 3.05) is 37.7 Å². The minimum atomic E-state index is -0.215. The van der Waals surface area contributed by atoms with Gasteiger partial charge in [0.15, 0.2) is 0 Å². The van der Waals surface area contributed by atoms with Crippen molar-refractivity contribution in [2.45, 2.75) is 26.2 Å². The summed E-state index contributed by atoms with van der Waals surface area (Å²) in [7, 11) is 0. The molecule has 3 heterocycles. The summed E-state index contributed by atoms with van der Waals surface area (Å²) in [6, 6.07) is 19.4. The number of para-hydroxylation sites is 1. The lowest BCUT2D eigenvalue weighted by atomic mass is 9.97. The minimum Gasteiger partial charge on any atom is -0.493 e. The standard InChI is InChI=1S/C31H31FN4O2/c1-21-33-27-10-8-24(20-28(27)34-21)23-9-11-30-25(19-23)7-6-22(12-17-38-30)18-31(37)36-15-13-35(14-16-36)29-5-3-2-4-26(29)32/h2-6,8-11,19-20H,7,12-18H2,1H3,(H,33,34)/b22-6+. The summed E-state index contributed by atoms with van der Waals surface area (Å²) in [6.07, 6.45) is 4.05. The fraction of sp³-hybridized carbons (Fsp3) is 0.290. The van der Waals surface area contributed by atoms with Gasteiger partial charge in [0.1, 0.15) is 17.4 Å². The Labute approximate surface area is 221 Å². The molecule has 0 saturated carbocycles. The number of amides is 1. The Hall–Kier alpha value is -4.13. The van der Waals surface area contributed by atoms with Crippen LogP contribution in [0.4, 0.5) is 10.1 Å². The largest absolute Gasteiger partial charge is 0.493 e. The zero-order valence-corrected chi connectivity index (χ0v) is 21.5. The van der Waals surface area contributed by atoms with Crippen molar-refractivity contribution in [3.8, 4) is 16.9 Å². The summed E-state index contributed by atoms with van der Waals surface area (Å²) in [5.41, 5.74) is 7.08. The number of benzene rings is 3. The number of allylic oxidation sites excluding steroid dienone is 1. The number of rotatable bonds is 4. The van der Waals surface area contributed by atoms with Crippen LogP contribution in [0.5, 0.6) is 5.75 Å². The van der Waals surface area contributed by atoms with Crippen molar-refractivity contribution in [3.05, 3.63) is 89.5 Å². The summed E-state index contributed by atoms with van der Waals surface area (Å²) in [4.78, 5) is 24.8. The number of halogens is 1. The highest BCUT2D eigenvalue weighted by Crippen LogP contribution is 2.31. The molecule has 2 aliphatic rings. The SMILES string of the molecule is Cc1nc2ccc(-c3ccc4c(c3)C/C=C(/CC(=O)N3CCN(c5ccccc5F)CC3)CCO4)cc2[nH]1. The van der Waals surface area contributed by atoms with Crippen LogP contribution in [-0.2, 0) is 11.2 Å². The number of nitrogens with zero attached hydrogens (tertiary/aromatic N) is 3. The quantitative estimate of drug-likeness (QED) is 0.360. The first-order chi connectivity index (χ1) is 18.5. The van der Waals surface area contributed by atoms with Crippen LogP contribution < -0.4 is 9.64 Å². The van der Waals surface area contributed by atoms with Crippen molar-refractivity contribution in [3.63, 3.8) is 0 Å². The van der Waals surface area contributed by atoms with Crippen molar-refractivity contribution in [1.82, 2.24) is 14.9 Å². The number of H-pyrrole nitrogens is 1. The van der Waals surface area contributed by atoms with Crippen molar-refractivity contribution >= 4 is 22.6 Å². The number of aromatic nitrogens is 2. The van der Waals surface area contributed by atoms with E-state index < -0.39 is 0 Å². The van der Waals surface area contributed by atoms with Gasteiger partial charge in [-0.3, -0.25) is 4.79 Å². The van der Waals surface area contributed by atoms with Crippen molar-refractivity contribution in [1.29, 1.82) is 0 Å². The first-order valence-corrected chi connectivity index (χ1v) is 13.2. The van der Waals surface area contributed by atoms with E-state index in [2.05, 4.69) is 40.3 Å². The molecular formula is C31H31FN4O2. The van der Waals surface area contributed by atoms with Crippen LogP contribution in [0.25, 0.3) is 22.2 Å². The number of ether oxygens (including phenoxy) is 1. The average molecular weight is 511 g/mol. The lowest BCUT2D eigenvalue weighted by Crippen LogP contribution is -2.49. The van der Waals surface area contributed by atoms with Gasteiger partial charge in [0, 0.05) is 39.0 Å². The number of piperazine rings is 1. The summed E-state index contributed by atoms with van der Waals surface area (Å²) in [6.45, 7) is 4.98. The van der Waals surface area contributed by atoms with Crippen molar-refractivity contribution in [2.24, 2.45) is 0 Å². The highest BCUT2D eigenvalue weighted by Gasteiger charge is 2.23. The molecule has 3 aromatic carbocycles. The van der Waals surface area contributed by atoms with E-state index in [9.17, 15) is 9.18 Å². The van der Waals surface area contributed by atoms with Crippen LogP contribution in [0.1, 0.15) is 24.2 Å². The molecule has 1 fully saturated rings. The molecular weight excluding hydrogens is 479 g/mol. The van der Waals surface area contributed by atoms with Crippen molar-refractivity contribution < 1.29 is 13.9 Å². The number of carbonyl (C=O) groups is 1. The van der Waals surface area contributed by atoms with E-state index in [-0.39, 0.29) is 11.7 Å². The van der Waals surface area contributed by atoms with E-state index in [1.807, 2.05) is 34.9 Å². The first kappa shape index (κ1) is 24.2. The number of hydrogen-bond acceptors (Lipinski definition) is 4. The van der Waals surface area contributed by atoms with E-state index in [4.69, 9.17) is 4.74 Å². The highest BCUT2D eigenvalue weighted by atomic mass is 19.1. The van der Waals surface area contributed by atoms with Crippen LogP contribution in [0, 0.1) is 12.7 Å². The second-order valence-electron chi connectivity index (χ2n) is 10.0. The van der Waals surface area contributed by atoms with E-state index >= 15 is 0 Å². The molecule has 38 heavy (non-hydrogen) atoms. The third-order valence-corrected chi connectivity index (χ3v) is 7.49. The van der Waals surface area contributed by atoms with Gasteiger partial charge in [0.05, 0.1) is 23.3 Å². The molecule has 1 amide bonds. The monoisotopic (exact) mass is 510 g/mol. The predicted octanol–water partition coefficient (Wildman–Crippen LogP) is 5.67. The van der Waals surface area contributed by atoms with Crippen LogP contribution >= 0.6 is 0 Å². The Bertz CT molecular complexity index is 1520. The maximum absolute atomic E-state index is 14.2. The number of anilines is 1. The molecule has 2 aliphatic heterocycles. The number of aromatic amines is 1. The Morgan fingerprint density at radius 3 is 2.66 bits per heavy atom. The molecule has 6 rings (SSSR count). The lowest BCUT2D eigenvalue weighted by molar-refractivity contribution is -0.130. The lowest BCUT2D eigenvalue weighted by Gasteiger charge is -2.36. The van der Waals surface area contributed by atoms with Gasteiger partial charge in [-0.05, 0) is 66.4 Å². The number of hydrogen-bond donors (Lipinski definition) is 1. The molecule has 0 bridgehead atoms. The van der Waals surface area contributed by atoms with Gasteiger partial charge >= 0.3 is 0 Å². The summed E-state index contributed by atoms with van der Waals surface area (Å²) >= 11 is 0. The van der Waals surface area contributed by atoms with Crippen LogP contribution in [0.15, 0.2) is 72.3 Å². The summed E-state index contributed by atoms with van der Waals surface area (Å²) in [5, 5.41) is 0. The normalized spacial score (nSPS) is 17.3. The topological polar surface area (TPSA) is 61.5 Å². The molecule has 0 radical (unpaired) electrons. The van der Waals surface area contributed by atoms with E-state index in [0.29, 0.717) is 44.9 Å². The number of imidazole rings is 1. The van der Waals surface area contributed by atoms with E-state index in [0.717, 1.165) is 57.7 Å². The zero-order valence-electron chi connectivity index (χ0n) is 21.5. The molecule has 0 aliphatic carbocycles. The highest BCUT2D eigenvalue weighted by molar-refractivity contribution is 5.82. The second kappa shape index (κ2) is 10.3. The molecule has 1 N–H and O–H groups in total. The number of aryl methyl sites for hydroxylation is 1. The zero-order chi connectivity index (χ0) is 26.1. The predicted molar refractivity (Wildman–Crippen MR) is 148 cm³/mol. The fourth-order valence-corrected chi connectivity index (χ4v) is 5.40. The third kappa shape index (κ3) is 5.01. The molecule has 0 spiro atoms. The van der Waals surface area contributed by atoms with Gasteiger partial charge in [0.2, 0.25) is 5.91 Å². The maximum Gasteiger partial charge on any atom is 0.226 e. The van der Waals surface area contributed by atoms with Crippen LogP contribution in [0.2, 0.25) is 0 Å². The molecule has 6 nitrogen and oxygen atoms in total. The van der Waals surface area contributed by atoms with Gasteiger partial charge in [-0.2, -0.15) is 0 Å². The van der Waals surface area contributed by atoms with Gasteiger partial charge in [-0.15, -0.1) is 0 Å². The number of carbonyl (C=O) groups excluding carboxylic acids is 1. The Balaban J connectivity index is 1.12. The molecule has 194 valence electrons. The summed E-state index contributed by atoms with van der Waals surface area (Å²) < 4.78 is 20.3. The Morgan fingerprint density at radius 2 is 1.82 bits per heavy atom. The van der Waals surface area contributed by atoms with Gasteiger partial charge < -0.3 is 19.5 Å². The Morgan fingerprint density at radius 1 is 1.03 bits per heavy atom. The number of nitrogens with one attached hydrogen (secondary N) is 1. The summed E-state index contributed by atoms with van der Waals surface area (Å²) in [5.74, 6) is 1.72. The second-order valence-corrected chi connectivity index (χ2v) is 10.0. The minimum absolute atomic E-state index is 0.127. The number of fused-ring (bicyclic) bond motifs is 2. The molecule has 0 unspecified atom stereocenters. The molecule has 1 aromatic heterocycles. The smallest absolute Gasteiger partial charge is 0.226 e. The molecule has 0 atom stereocenters. The van der Waals surface area contributed by atoms with Crippen LogP contribution in [-0.4, -0.2) is 53.6 Å². The third-order valence-electron chi connectivity index (χ3n) is 7.49. The molecule has 7 heteroatoms. The fourth-order valence-electron chi connectivity index (χ4n) is 5.40. The van der Waals surface area contributed by atoms with Crippen LogP contribution in [0.3, 0.4) is 0 Å². The van der Waals surface area contributed by atoms with Gasteiger partial charge in [0.25, 0.3) is 0 Å². The average Bonchev–Trinajstić information content (AvgIpc) is 3.30. The van der Waals surface area contributed by atoms with E-state index in [1.165, 1.54) is 6.07 Å². The molecule has 1 saturated heterocycles. The van der Waals surface area contributed by atoms with E-state index in [1.54, 1.807) is 12.1 Å². The van der Waals surface area contributed by atoms with Gasteiger partial charge in [-0.1, -0.05) is 35.9 Å². The van der Waals surface area contributed by atoms with Gasteiger partial charge in [-0.25, -0.2) is 9.37 Å².